The van der Waals surface area contributed by atoms with Gasteiger partial charge >= 0.3 is 11.9 Å². The first-order valence-corrected chi connectivity index (χ1v) is 1.11. The fourth-order valence-corrected chi connectivity index (χ4v) is 0. The van der Waals surface area contributed by atoms with E-state index in [0.717, 1.165) is 0 Å². The molecule has 0 bridgehead atoms. The van der Waals surface area contributed by atoms with Crippen LogP contribution in [0.2, 0.25) is 0 Å². The van der Waals surface area contributed by atoms with Crippen molar-refractivity contribution >= 4 is 11.9 Å². The van der Waals surface area contributed by atoms with Gasteiger partial charge in [-0.1, -0.05) is 0 Å². The van der Waals surface area contributed by atoms with Gasteiger partial charge in [0.1, 0.15) is 0 Å². The monoisotopic (exact) mass is 190 g/mol. The Labute approximate surface area is 62.9 Å². The maximum Gasteiger partial charge on any atom is 0.414 e. The van der Waals surface area contributed by atoms with E-state index in [1.54, 1.807) is 0 Å². The molecule has 0 aliphatic heterocycles. The van der Waals surface area contributed by atoms with Crippen LogP contribution in [0.4, 0.5) is 0 Å². The number of carboxylic acids is 2. The van der Waals surface area contributed by atoms with Crippen LogP contribution in [-0.2, 0) is 29.1 Å². The molecule has 0 aliphatic rings. The average molecular weight is 191 g/mol. The van der Waals surface area contributed by atoms with Crippen molar-refractivity contribution in [1.82, 2.24) is 0 Å². The molecule has 52 valence electrons. The maximum atomic E-state index is 9.10. The standard InChI is InChI=1S/C2H2O4.2H2O.Zn/c3-1(4)2(5)6;;;/h(H,3,4)(H,5,6);2*1H2;. The van der Waals surface area contributed by atoms with Gasteiger partial charge in [0.15, 0.2) is 0 Å². The van der Waals surface area contributed by atoms with Crippen LogP contribution in [0.1, 0.15) is 0 Å². The van der Waals surface area contributed by atoms with Gasteiger partial charge < -0.3 is 21.2 Å². The number of rotatable bonds is 0. The summed E-state index contributed by atoms with van der Waals surface area (Å²) in [6, 6.07) is 0. The molecule has 0 spiro atoms. The van der Waals surface area contributed by atoms with Gasteiger partial charge in [-0.3, -0.25) is 0 Å². The molecule has 6 nitrogen and oxygen atoms in total. The van der Waals surface area contributed by atoms with E-state index >= 15 is 0 Å². The zero-order chi connectivity index (χ0) is 5.15. The van der Waals surface area contributed by atoms with Crippen LogP contribution >= 0.6 is 0 Å². The maximum absolute atomic E-state index is 9.10. The van der Waals surface area contributed by atoms with E-state index < -0.39 is 11.9 Å². The number of hydrogen-bond acceptors (Lipinski definition) is 2. The molecule has 0 aliphatic carbocycles. The SMILES string of the molecule is O.O.O=C(O)C(=O)O.[Zn]. The first kappa shape index (κ1) is 23.6. The zero-order valence-corrected chi connectivity index (χ0v) is 7.39. The normalized spacial score (nSPS) is 4.89. The third-order valence-electron chi connectivity index (χ3n) is 0.183. The van der Waals surface area contributed by atoms with Gasteiger partial charge in [-0.15, -0.1) is 0 Å². The molecular formula is C2H6O6Zn. The predicted octanol–water partition coefficient (Wildman–Crippen LogP) is -2.50. The van der Waals surface area contributed by atoms with Gasteiger partial charge in [0.05, 0.1) is 0 Å². The van der Waals surface area contributed by atoms with Crippen molar-refractivity contribution in [2.45, 2.75) is 0 Å². The van der Waals surface area contributed by atoms with Crippen molar-refractivity contribution in [3.63, 3.8) is 0 Å². The van der Waals surface area contributed by atoms with Crippen LogP contribution in [0.3, 0.4) is 0 Å². The summed E-state index contributed by atoms with van der Waals surface area (Å²) in [6.07, 6.45) is 0. The molecule has 0 atom stereocenters. The van der Waals surface area contributed by atoms with Gasteiger partial charge in [-0.2, -0.15) is 0 Å². The fourth-order valence-electron chi connectivity index (χ4n) is 0. The van der Waals surface area contributed by atoms with Crippen LogP contribution < -0.4 is 0 Å². The third-order valence-corrected chi connectivity index (χ3v) is 0.183. The van der Waals surface area contributed by atoms with Gasteiger partial charge in [-0.25, -0.2) is 9.59 Å². The molecule has 0 aromatic carbocycles. The molecule has 0 radical (unpaired) electrons. The fraction of sp³-hybridized carbons (Fsp3) is 0. The molecule has 7 heteroatoms. The third kappa shape index (κ3) is 18.5. The van der Waals surface area contributed by atoms with Crippen LogP contribution in [-0.4, -0.2) is 33.1 Å². The molecule has 0 fully saturated rings. The molecule has 0 amide bonds. The second kappa shape index (κ2) is 10.5. The minimum atomic E-state index is -1.82. The van der Waals surface area contributed by atoms with E-state index in [-0.39, 0.29) is 30.4 Å². The summed E-state index contributed by atoms with van der Waals surface area (Å²) in [5.74, 6) is -3.65. The topological polar surface area (TPSA) is 138 Å². The Morgan fingerprint density at radius 3 is 1.00 bits per heavy atom. The second-order valence-corrected chi connectivity index (χ2v) is 0.610. The van der Waals surface area contributed by atoms with Crippen LogP contribution in [0, 0.1) is 0 Å². The van der Waals surface area contributed by atoms with Gasteiger partial charge in [0, 0.05) is 19.5 Å². The molecule has 0 rings (SSSR count). The predicted molar refractivity (Wildman–Crippen MR) is 22.5 cm³/mol. The Bertz CT molecular complexity index is 77.1. The van der Waals surface area contributed by atoms with Crippen LogP contribution in [0.25, 0.3) is 0 Å². The summed E-state index contributed by atoms with van der Waals surface area (Å²) in [7, 11) is 0. The van der Waals surface area contributed by atoms with Crippen molar-refractivity contribution in [1.29, 1.82) is 0 Å². The van der Waals surface area contributed by atoms with Crippen molar-refractivity contribution in [2.24, 2.45) is 0 Å². The minimum absolute atomic E-state index is 0. The summed E-state index contributed by atoms with van der Waals surface area (Å²) in [5.41, 5.74) is 0. The smallest absolute Gasteiger partial charge is 0.414 e. The Morgan fingerprint density at radius 1 is 0.889 bits per heavy atom. The van der Waals surface area contributed by atoms with E-state index in [4.69, 9.17) is 19.8 Å². The molecule has 0 saturated heterocycles. The summed E-state index contributed by atoms with van der Waals surface area (Å²) in [4.78, 5) is 18.2. The average Bonchev–Trinajstić information content (AvgIpc) is 1.36. The summed E-state index contributed by atoms with van der Waals surface area (Å²) < 4.78 is 0. The van der Waals surface area contributed by atoms with E-state index in [1.807, 2.05) is 0 Å². The summed E-state index contributed by atoms with van der Waals surface area (Å²) in [5, 5.41) is 14.8. The van der Waals surface area contributed by atoms with E-state index in [1.165, 1.54) is 0 Å². The molecule has 9 heavy (non-hydrogen) atoms. The summed E-state index contributed by atoms with van der Waals surface area (Å²) in [6.45, 7) is 0. The first-order chi connectivity index (χ1) is 2.64. The van der Waals surface area contributed by atoms with Crippen molar-refractivity contribution in [3.05, 3.63) is 0 Å². The van der Waals surface area contributed by atoms with E-state index in [9.17, 15) is 0 Å². The van der Waals surface area contributed by atoms with Gasteiger partial charge in [0.25, 0.3) is 0 Å². The second-order valence-electron chi connectivity index (χ2n) is 0.610. The molecule has 0 aromatic heterocycles. The van der Waals surface area contributed by atoms with Crippen molar-refractivity contribution in [2.75, 3.05) is 0 Å². The molecule has 6 N–H and O–H groups in total. The van der Waals surface area contributed by atoms with E-state index in [2.05, 4.69) is 0 Å². The Hall–Kier alpha value is -0.517. The number of aliphatic carboxylic acids is 2. The minimum Gasteiger partial charge on any atom is -0.473 e. The molecule has 0 heterocycles. The Morgan fingerprint density at radius 2 is 1.00 bits per heavy atom. The number of carboxylic acid groups (broad SMARTS) is 2. The van der Waals surface area contributed by atoms with Crippen molar-refractivity contribution < 1.29 is 50.2 Å². The zero-order valence-electron chi connectivity index (χ0n) is 4.42. The van der Waals surface area contributed by atoms with Crippen LogP contribution in [0.5, 0.6) is 0 Å². The molecule has 0 saturated carbocycles. The van der Waals surface area contributed by atoms with Crippen molar-refractivity contribution in [3.8, 4) is 0 Å². The summed E-state index contributed by atoms with van der Waals surface area (Å²) >= 11 is 0. The quantitative estimate of drug-likeness (QED) is 0.323. The largest absolute Gasteiger partial charge is 0.473 e. The Balaban J connectivity index is -0.0000000417. The molecular weight excluding hydrogens is 185 g/mol. The van der Waals surface area contributed by atoms with Gasteiger partial charge in [-0.05, 0) is 0 Å². The Kier molecular flexibility index (Phi) is 27.5. The molecule has 0 unspecified atom stereocenters. The molecule has 0 aromatic rings. The number of carbonyl (C=O) groups is 2. The first-order valence-electron chi connectivity index (χ1n) is 1.11. The van der Waals surface area contributed by atoms with Gasteiger partial charge in [0.2, 0.25) is 0 Å². The van der Waals surface area contributed by atoms with E-state index in [0.29, 0.717) is 0 Å². The van der Waals surface area contributed by atoms with Crippen LogP contribution in [0.15, 0.2) is 0 Å². The number of hydrogen-bond donors (Lipinski definition) is 2.